The topological polar surface area (TPSA) is 64.6 Å². The van der Waals surface area contributed by atoms with Gasteiger partial charge in [-0.2, -0.15) is 0 Å². The minimum atomic E-state index is 0.163. The third-order valence-corrected chi connectivity index (χ3v) is 6.46. The van der Waals surface area contributed by atoms with Gasteiger partial charge in [-0.05, 0) is 62.6 Å². The van der Waals surface area contributed by atoms with Crippen molar-refractivity contribution in [1.82, 2.24) is 0 Å². The largest absolute Gasteiger partial charge is 0.496 e. The number of hydrogen-bond donors (Lipinski definition) is 1. The number of carbonyl (C=O) groups is 2. The number of carbonyl (C=O) groups excluding carboxylic acids is 2. The van der Waals surface area contributed by atoms with Gasteiger partial charge in [0.1, 0.15) is 17.8 Å². The van der Waals surface area contributed by atoms with Crippen LogP contribution in [0.5, 0.6) is 11.5 Å². The monoisotopic (exact) mass is 483 g/mol. The van der Waals surface area contributed by atoms with Crippen LogP contribution >= 0.6 is 0 Å². The van der Waals surface area contributed by atoms with Crippen molar-refractivity contribution >= 4 is 17.9 Å². The number of ether oxygens (including phenoxy) is 2. The van der Waals surface area contributed by atoms with Gasteiger partial charge < -0.3 is 14.8 Å². The maximum absolute atomic E-state index is 12.4. The lowest BCUT2D eigenvalue weighted by molar-refractivity contribution is -0.121. The Morgan fingerprint density at radius 2 is 1.66 bits per heavy atom. The van der Waals surface area contributed by atoms with Crippen LogP contribution in [-0.2, 0) is 11.2 Å². The molecule has 0 atom stereocenters. The van der Waals surface area contributed by atoms with E-state index in [-0.39, 0.29) is 11.8 Å². The second-order valence-electron chi connectivity index (χ2n) is 8.68. The van der Waals surface area contributed by atoms with Gasteiger partial charge in [0.25, 0.3) is 0 Å². The highest BCUT2D eigenvalue weighted by atomic mass is 16.5. The summed E-state index contributed by atoms with van der Waals surface area (Å²) in [7, 11) is 3.27. The predicted octanol–water partition coefficient (Wildman–Crippen LogP) is 7.64. The number of hydrogen-bond acceptors (Lipinski definition) is 4. The molecule has 0 aromatic heterocycles. The van der Waals surface area contributed by atoms with Crippen molar-refractivity contribution in [1.29, 1.82) is 0 Å². The number of aryl methyl sites for hydroxylation is 1. The van der Waals surface area contributed by atoms with E-state index in [1.807, 2.05) is 58.0 Å². The van der Waals surface area contributed by atoms with Crippen molar-refractivity contribution in [2.75, 3.05) is 19.5 Å². The Morgan fingerprint density at radius 1 is 1.00 bits per heavy atom. The van der Waals surface area contributed by atoms with Crippen molar-refractivity contribution < 1.29 is 19.1 Å². The van der Waals surface area contributed by atoms with E-state index in [1.54, 1.807) is 20.3 Å². The Bertz CT molecular complexity index is 901. The van der Waals surface area contributed by atoms with Gasteiger partial charge in [-0.1, -0.05) is 58.7 Å². The Labute approximate surface area is 212 Å². The summed E-state index contributed by atoms with van der Waals surface area (Å²) in [6.07, 6.45) is 8.69. The van der Waals surface area contributed by atoms with Crippen molar-refractivity contribution in [2.24, 2.45) is 11.8 Å². The molecule has 1 fully saturated rings. The number of rotatable bonds is 8. The molecule has 1 amide bonds. The SMILES string of the molecule is CC.CCCC1CCC(C(=O)Nc2ccc(C)c(OC)c2)CC1.CCc1c(C=O)cccc1OC. The zero-order valence-electron chi connectivity index (χ0n) is 22.8. The highest BCUT2D eigenvalue weighted by molar-refractivity contribution is 5.92. The van der Waals surface area contributed by atoms with E-state index < -0.39 is 0 Å². The molecule has 5 nitrogen and oxygen atoms in total. The lowest BCUT2D eigenvalue weighted by Gasteiger charge is -2.27. The summed E-state index contributed by atoms with van der Waals surface area (Å²) in [5.74, 6) is 2.78. The summed E-state index contributed by atoms with van der Waals surface area (Å²) in [5.41, 5.74) is 3.61. The van der Waals surface area contributed by atoms with Gasteiger partial charge in [-0.3, -0.25) is 9.59 Å². The van der Waals surface area contributed by atoms with Crippen LogP contribution in [0.1, 0.15) is 87.7 Å². The number of amides is 1. The first-order valence-corrected chi connectivity index (χ1v) is 13.0. The predicted molar refractivity (Wildman–Crippen MR) is 146 cm³/mol. The summed E-state index contributed by atoms with van der Waals surface area (Å²) in [4.78, 5) is 23.0. The maximum atomic E-state index is 12.4. The number of anilines is 1. The van der Waals surface area contributed by atoms with Crippen LogP contribution < -0.4 is 14.8 Å². The van der Waals surface area contributed by atoms with Crippen LogP contribution in [0.4, 0.5) is 5.69 Å². The first-order chi connectivity index (χ1) is 17.0. The Morgan fingerprint density at radius 3 is 2.20 bits per heavy atom. The molecule has 0 heterocycles. The average Bonchev–Trinajstić information content (AvgIpc) is 2.91. The standard InChI is InChI=1S/C18H27NO2.C10H12O2.C2H6/c1-4-5-14-7-9-15(10-8-14)18(20)19-16-11-6-13(2)17(12-16)21-3;1-3-9-8(7-11)5-4-6-10(9)12-2;1-2/h6,11-12,14-15H,4-5,7-10H2,1-3H3,(H,19,20);4-7H,3H2,1-2H3;1-2H3. The average molecular weight is 484 g/mol. The normalized spacial score (nSPS) is 16.5. The molecule has 0 radical (unpaired) electrons. The van der Waals surface area contributed by atoms with Gasteiger partial charge in [0.15, 0.2) is 0 Å². The van der Waals surface area contributed by atoms with Gasteiger partial charge in [-0.25, -0.2) is 0 Å². The van der Waals surface area contributed by atoms with E-state index in [4.69, 9.17) is 9.47 Å². The van der Waals surface area contributed by atoms with Gasteiger partial charge in [-0.15, -0.1) is 0 Å². The third kappa shape index (κ3) is 9.39. The van der Waals surface area contributed by atoms with Crippen molar-refractivity contribution in [3.8, 4) is 11.5 Å². The molecular formula is C30H45NO4. The van der Waals surface area contributed by atoms with E-state index in [0.29, 0.717) is 0 Å². The summed E-state index contributed by atoms with van der Waals surface area (Å²) >= 11 is 0. The van der Waals surface area contributed by atoms with Crippen LogP contribution in [-0.4, -0.2) is 26.4 Å². The quantitative estimate of drug-likeness (QED) is 0.392. The fourth-order valence-electron chi connectivity index (χ4n) is 4.53. The first kappa shape index (κ1) is 30.2. The molecule has 2 aromatic carbocycles. The molecule has 0 bridgehead atoms. The molecule has 194 valence electrons. The number of benzene rings is 2. The molecule has 0 spiro atoms. The second kappa shape index (κ2) is 16.7. The number of nitrogens with one attached hydrogen (secondary N) is 1. The molecule has 1 aliphatic rings. The van der Waals surface area contributed by atoms with E-state index in [0.717, 1.165) is 65.3 Å². The zero-order valence-corrected chi connectivity index (χ0v) is 22.8. The molecule has 2 aromatic rings. The fourth-order valence-corrected chi connectivity index (χ4v) is 4.53. The minimum absolute atomic E-state index is 0.163. The second-order valence-corrected chi connectivity index (χ2v) is 8.68. The van der Waals surface area contributed by atoms with Crippen LogP contribution in [0.25, 0.3) is 0 Å². The van der Waals surface area contributed by atoms with Crippen LogP contribution in [0, 0.1) is 18.8 Å². The summed E-state index contributed by atoms with van der Waals surface area (Å²) in [5, 5.41) is 3.04. The zero-order chi connectivity index (χ0) is 26.2. The summed E-state index contributed by atoms with van der Waals surface area (Å²) in [6, 6.07) is 11.3. The van der Waals surface area contributed by atoms with Gasteiger partial charge >= 0.3 is 0 Å². The van der Waals surface area contributed by atoms with Crippen molar-refractivity contribution in [3.05, 3.63) is 53.1 Å². The number of aldehydes is 1. The van der Waals surface area contributed by atoms with E-state index in [9.17, 15) is 9.59 Å². The lowest BCUT2D eigenvalue weighted by Crippen LogP contribution is -2.27. The molecule has 0 aliphatic heterocycles. The Kier molecular flexibility index (Phi) is 14.5. The molecule has 1 saturated carbocycles. The Hall–Kier alpha value is -2.82. The molecule has 35 heavy (non-hydrogen) atoms. The molecule has 0 saturated heterocycles. The number of methoxy groups -OCH3 is 2. The van der Waals surface area contributed by atoms with E-state index in [2.05, 4.69) is 12.2 Å². The van der Waals surface area contributed by atoms with Crippen molar-refractivity contribution in [3.63, 3.8) is 0 Å². The maximum Gasteiger partial charge on any atom is 0.227 e. The van der Waals surface area contributed by atoms with Gasteiger partial charge in [0.05, 0.1) is 14.2 Å². The van der Waals surface area contributed by atoms with Crippen LogP contribution in [0.2, 0.25) is 0 Å². The minimum Gasteiger partial charge on any atom is -0.496 e. The highest BCUT2D eigenvalue weighted by Gasteiger charge is 2.25. The molecule has 1 N–H and O–H groups in total. The van der Waals surface area contributed by atoms with Crippen molar-refractivity contribution in [2.45, 2.75) is 79.6 Å². The first-order valence-electron chi connectivity index (χ1n) is 13.0. The fraction of sp³-hybridized carbons (Fsp3) is 0.533. The molecular weight excluding hydrogens is 438 g/mol. The smallest absolute Gasteiger partial charge is 0.227 e. The molecule has 1 aliphatic carbocycles. The lowest BCUT2D eigenvalue weighted by atomic mass is 9.80. The molecule has 0 unspecified atom stereocenters. The van der Waals surface area contributed by atoms with E-state index in [1.165, 1.54) is 25.7 Å². The van der Waals surface area contributed by atoms with Gasteiger partial charge in [0.2, 0.25) is 5.91 Å². The summed E-state index contributed by atoms with van der Waals surface area (Å²) in [6.45, 7) is 10.2. The van der Waals surface area contributed by atoms with Crippen LogP contribution in [0.3, 0.4) is 0 Å². The van der Waals surface area contributed by atoms with Crippen LogP contribution in [0.15, 0.2) is 36.4 Å². The van der Waals surface area contributed by atoms with E-state index >= 15 is 0 Å². The Balaban J connectivity index is 0.000000372. The molecule has 5 heteroatoms. The molecule has 3 rings (SSSR count). The summed E-state index contributed by atoms with van der Waals surface area (Å²) < 4.78 is 10.4. The van der Waals surface area contributed by atoms with Gasteiger partial charge in [0, 0.05) is 28.8 Å². The third-order valence-electron chi connectivity index (χ3n) is 6.46. The highest BCUT2D eigenvalue weighted by Crippen LogP contribution is 2.32.